The Morgan fingerprint density at radius 3 is 2.38 bits per heavy atom. The lowest BCUT2D eigenvalue weighted by Crippen LogP contribution is -2.34. The molecule has 0 bridgehead atoms. The number of fused-ring (bicyclic) bond motifs is 1. The fourth-order valence-corrected chi connectivity index (χ4v) is 2.34. The SMILES string of the molecule is O=C1CCC(=O)N1CNc1cccc2c(=O)[nH][nH]c(=O)c12. The molecular formula is C13H12N4O4. The molecule has 1 saturated heterocycles. The highest BCUT2D eigenvalue weighted by molar-refractivity contribution is 6.02. The first-order valence-electron chi connectivity index (χ1n) is 6.38. The van der Waals surface area contributed by atoms with E-state index in [4.69, 9.17) is 0 Å². The van der Waals surface area contributed by atoms with Gasteiger partial charge in [-0.2, -0.15) is 0 Å². The number of imide groups is 1. The molecule has 0 spiro atoms. The van der Waals surface area contributed by atoms with Gasteiger partial charge in [-0.15, -0.1) is 0 Å². The van der Waals surface area contributed by atoms with Crippen LogP contribution in [0.1, 0.15) is 12.8 Å². The van der Waals surface area contributed by atoms with Gasteiger partial charge in [0, 0.05) is 18.5 Å². The van der Waals surface area contributed by atoms with Crippen LogP contribution in [0.25, 0.3) is 10.8 Å². The third kappa shape index (κ3) is 2.20. The van der Waals surface area contributed by atoms with Crippen LogP contribution in [0, 0.1) is 0 Å². The molecule has 1 aromatic heterocycles. The fraction of sp³-hybridized carbons (Fsp3) is 0.231. The number of benzene rings is 1. The second kappa shape index (κ2) is 4.89. The van der Waals surface area contributed by atoms with E-state index < -0.39 is 11.1 Å². The molecule has 2 amide bonds. The fourth-order valence-electron chi connectivity index (χ4n) is 2.34. The van der Waals surface area contributed by atoms with E-state index in [1.807, 2.05) is 0 Å². The molecule has 1 aliphatic rings. The van der Waals surface area contributed by atoms with Gasteiger partial charge in [0.05, 0.1) is 17.4 Å². The van der Waals surface area contributed by atoms with Crippen LogP contribution in [0.5, 0.6) is 0 Å². The van der Waals surface area contributed by atoms with Crippen molar-refractivity contribution in [1.82, 2.24) is 15.1 Å². The summed E-state index contributed by atoms with van der Waals surface area (Å²) >= 11 is 0. The van der Waals surface area contributed by atoms with Gasteiger partial charge in [0.2, 0.25) is 11.8 Å². The molecule has 0 atom stereocenters. The number of aromatic amines is 2. The molecule has 8 nitrogen and oxygen atoms in total. The van der Waals surface area contributed by atoms with Gasteiger partial charge in [-0.3, -0.25) is 34.3 Å². The number of hydrogen-bond acceptors (Lipinski definition) is 5. The predicted octanol–water partition coefficient (Wildman–Crippen LogP) is -0.265. The Balaban J connectivity index is 1.97. The third-order valence-electron chi connectivity index (χ3n) is 3.41. The molecule has 21 heavy (non-hydrogen) atoms. The van der Waals surface area contributed by atoms with Crippen molar-refractivity contribution in [2.45, 2.75) is 12.8 Å². The summed E-state index contributed by atoms with van der Waals surface area (Å²) in [6, 6.07) is 4.76. The average Bonchev–Trinajstić information content (AvgIpc) is 2.80. The quantitative estimate of drug-likeness (QED) is 0.673. The van der Waals surface area contributed by atoms with Crippen molar-refractivity contribution in [3.63, 3.8) is 0 Å². The van der Waals surface area contributed by atoms with Crippen LogP contribution in [-0.2, 0) is 9.59 Å². The Hall–Kier alpha value is -2.90. The number of nitrogens with zero attached hydrogens (tertiary/aromatic N) is 1. The molecule has 3 rings (SSSR count). The van der Waals surface area contributed by atoms with Crippen LogP contribution < -0.4 is 16.4 Å². The van der Waals surface area contributed by atoms with E-state index in [0.717, 1.165) is 4.90 Å². The van der Waals surface area contributed by atoms with Crippen molar-refractivity contribution in [2.24, 2.45) is 0 Å². The molecule has 1 aliphatic heterocycles. The first-order chi connectivity index (χ1) is 10.1. The standard InChI is InChI=1S/C13H12N4O4/c18-9-4-5-10(19)17(9)6-14-8-3-1-2-7-11(8)13(21)16-15-12(7)20/h1-3,14H,4-6H2,(H,15,20)(H,16,21). The molecule has 0 unspecified atom stereocenters. The summed E-state index contributed by atoms with van der Waals surface area (Å²) in [5.74, 6) is -0.501. The lowest BCUT2D eigenvalue weighted by molar-refractivity contribution is -0.137. The van der Waals surface area contributed by atoms with Gasteiger partial charge in [-0.1, -0.05) is 6.07 Å². The highest BCUT2D eigenvalue weighted by Gasteiger charge is 2.28. The van der Waals surface area contributed by atoms with E-state index in [9.17, 15) is 19.2 Å². The summed E-state index contributed by atoms with van der Waals surface area (Å²) < 4.78 is 0. The van der Waals surface area contributed by atoms with Crippen LogP contribution in [0.2, 0.25) is 0 Å². The van der Waals surface area contributed by atoms with Crippen molar-refractivity contribution in [3.8, 4) is 0 Å². The number of carbonyl (C=O) groups is 2. The number of hydrogen-bond donors (Lipinski definition) is 3. The molecule has 0 aliphatic carbocycles. The number of likely N-dealkylation sites (tertiary alicyclic amines) is 1. The minimum absolute atomic E-state index is 0.0248. The second-order valence-electron chi connectivity index (χ2n) is 4.69. The Kier molecular flexibility index (Phi) is 3.05. The number of anilines is 1. The van der Waals surface area contributed by atoms with Gasteiger partial charge >= 0.3 is 0 Å². The first-order valence-corrected chi connectivity index (χ1v) is 6.38. The van der Waals surface area contributed by atoms with Crippen LogP contribution in [0.15, 0.2) is 27.8 Å². The van der Waals surface area contributed by atoms with Gasteiger partial charge in [-0.25, -0.2) is 0 Å². The Bertz CT molecular complexity index is 835. The van der Waals surface area contributed by atoms with Crippen LogP contribution in [0.4, 0.5) is 5.69 Å². The highest BCUT2D eigenvalue weighted by atomic mass is 16.2. The van der Waals surface area contributed by atoms with Gasteiger partial charge < -0.3 is 5.32 Å². The number of amides is 2. The van der Waals surface area contributed by atoms with E-state index in [1.54, 1.807) is 12.1 Å². The third-order valence-corrected chi connectivity index (χ3v) is 3.41. The molecule has 2 aromatic rings. The summed E-state index contributed by atoms with van der Waals surface area (Å²) in [5, 5.41) is 7.79. The first kappa shape index (κ1) is 13.1. The molecule has 3 N–H and O–H groups in total. The number of carbonyl (C=O) groups excluding carboxylic acids is 2. The Morgan fingerprint density at radius 2 is 1.67 bits per heavy atom. The molecule has 0 saturated carbocycles. The summed E-state index contributed by atoms with van der Waals surface area (Å²) in [4.78, 5) is 47.7. The van der Waals surface area contributed by atoms with Crippen molar-refractivity contribution in [1.29, 1.82) is 0 Å². The van der Waals surface area contributed by atoms with E-state index in [2.05, 4.69) is 15.5 Å². The average molecular weight is 288 g/mol. The van der Waals surface area contributed by atoms with Gasteiger partial charge in [0.1, 0.15) is 0 Å². The summed E-state index contributed by atoms with van der Waals surface area (Å²) in [7, 11) is 0. The monoisotopic (exact) mass is 288 g/mol. The highest BCUT2D eigenvalue weighted by Crippen LogP contribution is 2.18. The number of H-pyrrole nitrogens is 2. The van der Waals surface area contributed by atoms with Crippen molar-refractivity contribution < 1.29 is 9.59 Å². The van der Waals surface area contributed by atoms with Gasteiger partial charge in [0.15, 0.2) is 0 Å². The molecule has 1 fully saturated rings. The molecule has 0 radical (unpaired) electrons. The van der Waals surface area contributed by atoms with Crippen molar-refractivity contribution >= 4 is 28.3 Å². The maximum absolute atomic E-state index is 11.9. The topological polar surface area (TPSA) is 115 Å². The van der Waals surface area contributed by atoms with Crippen molar-refractivity contribution in [2.75, 3.05) is 12.0 Å². The summed E-state index contributed by atoms with van der Waals surface area (Å²) in [6.07, 6.45) is 0.409. The summed E-state index contributed by atoms with van der Waals surface area (Å²) in [5.41, 5.74) is -0.472. The summed E-state index contributed by atoms with van der Waals surface area (Å²) in [6.45, 7) is -0.0248. The van der Waals surface area contributed by atoms with Gasteiger partial charge in [-0.05, 0) is 12.1 Å². The Morgan fingerprint density at radius 1 is 1.00 bits per heavy atom. The number of rotatable bonds is 3. The zero-order valence-corrected chi connectivity index (χ0v) is 10.9. The van der Waals surface area contributed by atoms with E-state index in [-0.39, 0.29) is 42.1 Å². The van der Waals surface area contributed by atoms with Gasteiger partial charge in [0.25, 0.3) is 11.1 Å². The van der Waals surface area contributed by atoms with E-state index in [0.29, 0.717) is 5.69 Å². The number of nitrogens with one attached hydrogen (secondary N) is 3. The minimum Gasteiger partial charge on any atom is -0.367 e. The molecular weight excluding hydrogens is 276 g/mol. The number of aromatic nitrogens is 2. The molecule has 1 aromatic carbocycles. The maximum Gasteiger partial charge on any atom is 0.272 e. The Labute approximate surface area is 117 Å². The smallest absolute Gasteiger partial charge is 0.272 e. The predicted molar refractivity (Wildman–Crippen MR) is 74.8 cm³/mol. The van der Waals surface area contributed by atoms with Crippen LogP contribution in [0.3, 0.4) is 0 Å². The zero-order valence-electron chi connectivity index (χ0n) is 10.9. The lowest BCUT2D eigenvalue weighted by Gasteiger charge is -2.16. The second-order valence-corrected chi connectivity index (χ2v) is 4.69. The minimum atomic E-state index is -0.452. The van der Waals surface area contributed by atoms with Crippen LogP contribution >= 0.6 is 0 Å². The molecule has 108 valence electrons. The molecule has 8 heteroatoms. The van der Waals surface area contributed by atoms with Crippen molar-refractivity contribution in [3.05, 3.63) is 38.9 Å². The normalized spacial score (nSPS) is 15.0. The lowest BCUT2D eigenvalue weighted by atomic mass is 10.1. The maximum atomic E-state index is 11.9. The van der Waals surface area contributed by atoms with Crippen LogP contribution in [-0.4, -0.2) is 33.6 Å². The van der Waals surface area contributed by atoms with E-state index >= 15 is 0 Å². The largest absolute Gasteiger partial charge is 0.367 e. The zero-order chi connectivity index (χ0) is 15.0. The molecule has 2 heterocycles. The van der Waals surface area contributed by atoms with E-state index in [1.165, 1.54) is 6.07 Å².